The highest BCUT2D eigenvalue weighted by Gasteiger charge is 2.28. The number of allylic oxidation sites excluding steroid dienone is 2. The lowest BCUT2D eigenvalue weighted by molar-refractivity contribution is 0.192. The summed E-state index contributed by atoms with van der Waals surface area (Å²) in [6.45, 7) is 5.40. The van der Waals surface area contributed by atoms with Crippen molar-refractivity contribution >= 4 is 50.8 Å². The maximum absolute atomic E-state index is 5.98. The molecule has 0 radical (unpaired) electrons. The molecule has 3 heteroatoms. The number of unbranched alkanes of at least 4 members (excludes halogenated alkanes) is 1. The SMILES string of the molecule is CCCCOc1ccc(C2=CCC(C3CCC(CC)CC3)CC2)c(I)c1I. The van der Waals surface area contributed by atoms with Gasteiger partial charge in [0.15, 0.2) is 0 Å². The Labute approximate surface area is 193 Å². The van der Waals surface area contributed by atoms with Gasteiger partial charge in [0.2, 0.25) is 0 Å². The largest absolute Gasteiger partial charge is 0.492 e. The first-order valence-electron chi connectivity index (χ1n) is 10.9. The second-order valence-electron chi connectivity index (χ2n) is 8.39. The van der Waals surface area contributed by atoms with E-state index in [1.54, 1.807) is 5.57 Å². The van der Waals surface area contributed by atoms with Crippen molar-refractivity contribution in [3.8, 4) is 5.75 Å². The van der Waals surface area contributed by atoms with Crippen molar-refractivity contribution in [1.29, 1.82) is 0 Å². The molecule has 2 aliphatic rings. The number of halogens is 2. The normalized spacial score (nSPS) is 25.9. The van der Waals surface area contributed by atoms with Gasteiger partial charge < -0.3 is 4.74 Å². The number of rotatable bonds is 7. The van der Waals surface area contributed by atoms with Crippen LogP contribution in [0.25, 0.3) is 5.57 Å². The molecule has 1 unspecified atom stereocenters. The van der Waals surface area contributed by atoms with Crippen LogP contribution in [0, 0.1) is 24.9 Å². The molecular weight excluding hydrogens is 558 g/mol. The predicted octanol–water partition coefficient (Wildman–Crippen LogP) is 8.47. The molecule has 0 heterocycles. The van der Waals surface area contributed by atoms with Crippen LogP contribution in [0.2, 0.25) is 0 Å². The average molecular weight is 592 g/mol. The number of hydrogen-bond acceptors (Lipinski definition) is 1. The molecule has 1 saturated carbocycles. The monoisotopic (exact) mass is 592 g/mol. The quantitative estimate of drug-likeness (QED) is 0.228. The van der Waals surface area contributed by atoms with Gasteiger partial charge in [0, 0.05) is 3.57 Å². The zero-order valence-electron chi connectivity index (χ0n) is 16.9. The molecule has 2 aliphatic carbocycles. The molecule has 0 amide bonds. The first-order chi connectivity index (χ1) is 13.1. The van der Waals surface area contributed by atoms with Crippen LogP contribution >= 0.6 is 45.2 Å². The fourth-order valence-electron chi connectivity index (χ4n) is 4.81. The Kier molecular flexibility index (Phi) is 8.80. The number of benzene rings is 1. The molecule has 1 fully saturated rings. The summed E-state index contributed by atoms with van der Waals surface area (Å²) >= 11 is 4.98. The molecule has 0 saturated heterocycles. The Morgan fingerprint density at radius 2 is 1.74 bits per heavy atom. The van der Waals surface area contributed by atoms with Gasteiger partial charge in [-0.1, -0.05) is 45.6 Å². The summed E-state index contributed by atoms with van der Waals surface area (Å²) in [5, 5.41) is 0. The fourth-order valence-corrected chi connectivity index (χ4v) is 6.23. The van der Waals surface area contributed by atoms with Crippen molar-refractivity contribution in [2.45, 2.75) is 78.1 Å². The Hall–Kier alpha value is 0.220. The molecule has 1 nitrogen and oxygen atoms in total. The van der Waals surface area contributed by atoms with E-state index < -0.39 is 0 Å². The summed E-state index contributed by atoms with van der Waals surface area (Å²) in [7, 11) is 0. The lowest BCUT2D eigenvalue weighted by Crippen LogP contribution is -2.23. The molecule has 0 aliphatic heterocycles. The van der Waals surface area contributed by atoms with Crippen molar-refractivity contribution in [3.05, 3.63) is 30.9 Å². The van der Waals surface area contributed by atoms with Gasteiger partial charge in [0.05, 0.1) is 10.2 Å². The molecule has 1 aromatic carbocycles. The van der Waals surface area contributed by atoms with E-state index in [1.165, 1.54) is 70.5 Å². The van der Waals surface area contributed by atoms with Crippen LogP contribution in [-0.4, -0.2) is 6.61 Å². The molecule has 1 atom stereocenters. The second kappa shape index (κ2) is 10.8. The lowest BCUT2D eigenvalue weighted by atomic mass is 9.70. The van der Waals surface area contributed by atoms with E-state index in [4.69, 9.17) is 4.74 Å². The lowest BCUT2D eigenvalue weighted by Gasteiger charge is -2.35. The van der Waals surface area contributed by atoms with Gasteiger partial charge in [-0.3, -0.25) is 0 Å². The van der Waals surface area contributed by atoms with E-state index in [9.17, 15) is 0 Å². The molecule has 0 bridgehead atoms. The van der Waals surface area contributed by atoms with E-state index in [-0.39, 0.29) is 0 Å². The molecule has 0 aromatic heterocycles. The van der Waals surface area contributed by atoms with E-state index >= 15 is 0 Å². The maximum atomic E-state index is 5.98. The van der Waals surface area contributed by atoms with Crippen LogP contribution < -0.4 is 4.74 Å². The van der Waals surface area contributed by atoms with Crippen LogP contribution in [0.5, 0.6) is 5.75 Å². The summed E-state index contributed by atoms with van der Waals surface area (Å²) in [6.07, 6.45) is 16.1. The molecule has 0 spiro atoms. The van der Waals surface area contributed by atoms with Gasteiger partial charge in [0.25, 0.3) is 0 Å². The van der Waals surface area contributed by atoms with Crippen LogP contribution in [0.15, 0.2) is 18.2 Å². The maximum Gasteiger partial charge on any atom is 0.133 e. The first kappa shape index (κ1) is 21.9. The highest BCUT2D eigenvalue weighted by Crippen LogP contribution is 2.43. The zero-order chi connectivity index (χ0) is 19.2. The van der Waals surface area contributed by atoms with Crippen LogP contribution in [-0.2, 0) is 0 Å². The van der Waals surface area contributed by atoms with Gasteiger partial charge in [-0.25, -0.2) is 0 Å². The molecular formula is C24H34I2O. The predicted molar refractivity (Wildman–Crippen MR) is 133 cm³/mol. The summed E-state index contributed by atoms with van der Waals surface area (Å²) in [5.41, 5.74) is 3.01. The van der Waals surface area contributed by atoms with Gasteiger partial charge in [0.1, 0.15) is 5.75 Å². The van der Waals surface area contributed by atoms with E-state index in [2.05, 4.69) is 77.2 Å². The highest BCUT2D eigenvalue weighted by atomic mass is 127. The van der Waals surface area contributed by atoms with E-state index in [1.807, 2.05) is 0 Å². The van der Waals surface area contributed by atoms with Crippen molar-refractivity contribution < 1.29 is 4.74 Å². The molecule has 1 aromatic rings. The van der Waals surface area contributed by atoms with Crippen molar-refractivity contribution in [2.24, 2.45) is 17.8 Å². The van der Waals surface area contributed by atoms with Gasteiger partial charge in [-0.05, 0) is 125 Å². The Morgan fingerprint density at radius 1 is 0.963 bits per heavy atom. The van der Waals surface area contributed by atoms with E-state index in [0.717, 1.165) is 36.5 Å². The van der Waals surface area contributed by atoms with E-state index in [0.29, 0.717) is 0 Å². The minimum atomic E-state index is 0.826. The van der Waals surface area contributed by atoms with Gasteiger partial charge >= 0.3 is 0 Å². The average Bonchev–Trinajstić information content (AvgIpc) is 2.72. The molecule has 27 heavy (non-hydrogen) atoms. The van der Waals surface area contributed by atoms with Gasteiger partial charge in [-0.15, -0.1) is 0 Å². The molecule has 0 N–H and O–H groups in total. The first-order valence-corrected chi connectivity index (χ1v) is 13.1. The Bertz CT molecular complexity index is 644. The summed E-state index contributed by atoms with van der Waals surface area (Å²) < 4.78 is 8.63. The van der Waals surface area contributed by atoms with Crippen LogP contribution in [0.3, 0.4) is 0 Å². The third kappa shape index (κ3) is 5.64. The Balaban J connectivity index is 1.62. The van der Waals surface area contributed by atoms with Gasteiger partial charge in [-0.2, -0.15) is 0 Å². The third-order valence-electron chi connectivity index (χ3n) is 6.74. The molecule has 150 valence electrons. The smallest absolute Gasteiger partial charge is 0.133 e. The topological polar surface area (TPSA) is 9.23 Å². The van der Waals surface area contributed by atoms with Crippen molar-refractivity contribution in [2.75, 3.05) is 6.61 Å². The summed E-state index contributed by atoms with van der Waals surface area (Å²) in [4.78, 5) is 0. The summed E-state index contributed by atoms with van der Waals surface area (Å²) in [5.74, 6) is 3.98. The highest BCUT2D eigenvalue weighted by molar-refractivity contribution is 14.1. The molecule has 3 rings (SSSR count). The second-order valence-corrected chi connectivity index (χ2v) is 10.6. The number of ether oxygens (including phenoxy) is 1. The third-order valence-corrected chi connectivity index (χ3v) is 9.96. The van der Waals surface area contributed by atoms with Crippen molar-refractivity contribution in [1.82, 2.24) is 0 Å². The van der Waals surface area contributed by atoms with Crippen LogP contribution in [0.1, 0.15) is 83.6 Å². The standard InChI is InChI=1S/C24H34I2O/c1-3-5-16-27-22-15-14-21(23(25)24(22)26)20-12-10-19(11-13-20)18-8-6-17(4-2)7-9-18/h12,14-15,17-19H,3-11,13,16H2,1-2H3. The minimum absolute atomic E-state index is 0.826. The van der Waals surface area contributed by atoms with Crippen LogP contribution in [0.4, 0.5) is 0 Å². The number of hydrogen-bond donors (Lipinski definition) is 0. The van der Waals surface area contributed by atoms with Crippen molar-refractivity contribution in [3.63, 3.8) is 0 Å². The fraction of sp³-hybridized carbons (Fsp3) is 0.667. The minimum Gasteiger partial charge on any atom is -0.492 e. The zero-order valence-corrected chi connectivity index (χ0v) is 21.2. The summed E-state index contributed by atoms with van der Waals surface area (Å²) in [6, 6.07) is 4.48. The Morgan fingerprint density at radius 3 is 2.37 bits per heavy atom.